The van der Waals surface area contributed by atoms with Crippen molar-refractivity contribution in [3.63, 3.8) is 0 Å². The minimum atomic E-state index is -0.475. The summed E-state index contributed by atoms with van der Waals surface area (Å²) in [5, 5.41) is 8.64. The van der Waals surface area contributed by atoms with Gasteiger partial charge in [-0.25, -0.2) is 0 Å². The maximum Gasteiger partial charge on any atom is 0.303 e. The molecule has 2 aromatic heterocycles. The fraction of sp³-hybridized carbons (Fsp3) is 0.278. The monoisotopic (exact) mass is 406 g/mol. The molecule has 0 fully saturated rings. The average Bonchev–Trinajstić information content (AvgIpc) is 3.30. The normalized spacial score (nSPS) is 13.7. The standard InChI is InChI=1S/C18H16Cl2N4O3/c1-9(25)27-8-15(26)24-3-2-14-12(7-24)16-11(10-5-21-22-6-10)4-13(19)17(20)18(16)23-14/h4-6,23H,2-3,7-8H2,1H3,(H,21,22). The fourth-order valence-electron chi connectivity index (χ4n) is 3.43. The van der Waals surface area contributed by atoms with Crippen molar-refractivity contribution in [2.45, 2.75) is 19.9 Å². The lowest BCUT2D eigenvalue weighted by atomic mass is 9.98. The summed E-state index contributed by atoms with van der Waals surface area (Å²) in [6.07, 6.45) is 4.14. The molecule has 0 unspecified atom stereocenters. The van der Waals surface area contributed by atoms with Crippen molar-refractivity contribution in [2.75, 3.05) is 13.2 Å². The highest BCUT2D eigenvalue weighted by atomic mass is 35.5. The number of rotatable bonds is 3. The number of carbonyl (C=O) groups is 2. The number of nitrogens with one attached hydrogen (secondary N) is 2. The highest BCUT2D eigenvalue weighted by molar-refractivity contribution is 6.45. The van der Waals surface area contributed by atoms with E-state index in [2.05, 4.69) is 15.2 Å². The van der Waals surface area contributed by atoms with Crippen molar-refractivity contribution in [1.29, 1.82) is 0 Å². The lowest BCUT2D eigenvalue weighted by molar-refractivity contribution is -0.150. The zero-order valence-electron chi connectivity index (χ0n) is 14.4. The van der Waals surface area contributed by atoms with Crippen molar-refractivity contribution >= 4 is 46.0 Å². The summed E-state index contributed by atoms with van der Waals surface area (Å²) in [6, 6.07) is 1.81. The number of aromatic amines is 2. The maximum atomic E-state index is 12.4. The molecular formula is C18H16Cl2N4O3. The molecule has 27 heavy (non-hydrogen) atoms. The number of fused-ring (bicyclic) bond motifs is 3. The zero-order valence-corrected chi connectivity index (χ0v) is 15.9. The minimum absolute atomic E-state index is 0.227. The molecule has 7 nitrogen and oxygen atoms in total. The third kappa shape index (κ3) is 3.17. The summed E-state index contributed by atoms with van der Waals surface area (Å²) < 4.78 is 4.84. The fourth-order valence-corrected chi connectivity index (χ4v) is 3.83. The highest BCUT2D eigenvalue weighted by Crippen LogP contribution is 2.42. The Labute approximate surface area is 164 Å². The van der Waals surface area contributed by atoms with Crippen molar-refractivity contribution in [2.24, 2.45) is 0 Å². The Morgan fingerprint density at radius 1 is 1.37 bits per heavy atom. The van der Waals surface area contributed by atoms with Crippen LogP contribution in [0.1, 0.15) is 18.2 Å². The number of esters is 1. The van der Waals surface area contributed by atoms with Crippen molar-refractivity contribution in [3.05, 3.63) is 39.8 Å². The summed E-state index contributed by atoms with van der Waals surface area (Å²) in [7, 11) is 0. The third-order valence-corrected chi connectivity index (χ3v) is 5.49. The first-order chi connectivity index (χ1) is 13.0. The van der Waals surface area contributed by atoms with Crippen LogP contribution in [-0.4, -0.2) is 45.1 Å². The van der Waals surface area contributed by atoms with Gasteiger partial charge in [0.15, 0.2) is 6.61 Å². The van der Waals surface area contributed by atoms with Gasteiger partial charge in [-0.15, -0.1) is 0 Å². The number of benzene rings is 1. The maximum absolute atomic E-state index is 12.4. The molecule has 140 valence electrons. The molecule has 9 heteroatoms. The van der Waals surface area contributed by atoms with E-state index in [1.165, 1.54) is 6.92 Å². The van der Waals surface area contributed by atoms with Gasteiger partial charge >= 0.3 is 5.97 Å². The molecule has 3 heterocycles. The topological polar surface area (TPSA) is 91.1 Å². The van der Waals surface area contributed by atoms with Gasteiger partial charge in [-0.1, -0.05) is 23.2 Å². The van der Waals surface area contributed by atoms with Crippen LogP contribution in [0, 0.1) is 0 Å². The summed E-state index contributed by atoms with van der Waals surface area (Å²) in [4.78, 5) is 28.4. The molecule has 0 aliphatic carbocycles. The molecule has 4 rings (SSSR count). The third-order valence-electron chi connectivity index (χ3n) is 4.70. The quantitative estimate of drug-likeness (QED) is 0.652. The number of ether oxygens (including phenoxy) is 1. The van der Waals surface area contributed by atoms with E-state index in [9.17, 15) is 9.59 Å². The Bertz CT molecular complexity index is 1040. The van der Waals surface area contributed by atoms with Crippen molar-refractivity contribution in [3.8, 4) is 11.1 Å². The van der Waals surface area contributed by atoms with Crippen LogP contribution < -0.4 is 0 Å². The number of nitrogens with zero attached hydrogens (tertiary/aromatic N) is 2. The van der Waals surface area contributed by atoms with Gasteiger partial charge in [-0.3, -0.25) is 14.7 Å². The molecule has 1 aliphatic heterocycles. The van der Waals surface area contributed by atoms with Crippen LogP contribution in [0.5, 0.6) is 0 Å². The van der Waals surface area contributed by atoms with Gasteiger partial charge in [0.1, 0.15) is 0 Å². The van der Waals surface area contributed by atoms with E-state index in [1.54, 1.807) is 17.3 Å². The van der Waals surface area contributed by atoms with Gasteiger partial charge in [0, 0.05) is 54.8 Å². The molecule has 0 saturated carbocycles. The lowest BCUT2D eigenvalue weighted by Gasteiger charge is -2.27. The summed E-state index contributed by atoms with van der Waals surface area (Å²) in [6.45, 7) is 1.96. The van der Waals surface area contributed by atoms with Gasteiger partial charge in [-0.2, -0.15) is 5.10 Å². The molecule has 1 aliphatic rings. The number of hydrogen-bond acceptors (Lipinski definition) is 4. The molecular weight excluding hydrogens is 391 g/mol. The van der Waals surface area contributed by atoms with E-state index >= 15 is 0 Å². The van der Waals surface area contributed by atoms with E-state index in [0.29, 0.717) is 29.6 Å². The molecule has 0 spiro atoms. The number of aromatic nitrogens is 3. The lowest BCUT2D eigenvalue weighted by Crippen LogP contribution is -2.38. The second-order valence-electron chi connectivity index (χ2n) is 6.38. The molecule has 1 amide bonds. The Balaban J connectivity index is 1.78. The predicted octanol–water partition coefficient (Wildman–Crippen LogP) is 3.31. The first-order valence-electron chi connectivity index (χ1n) is 8.37. The van der Waals surface area contributed by atoms with Crippen molar-refractivity contribution in [1.82, 2.24) is 20.1 Å². The summed E-state index contributed by atoms with van der Waals surface area (Å²) in [5.41, 5.74) is 4.53. The Hall–Kier alpha value is -2.51. The van der Waals surface area contributed by atoms with Crippen LogP contribution >= 0.6 is 23.2 Å². The molecule has 3 aromatic rings. The van der Waals surface area contributed by atoms with E-state index in [4.69, 9.17) is 27.9 Å². The summed E-state index contributed by atoms with van der Waals surface area (Å²) in [5.74, 6) is -0.702. The van der Waals surface area contributed by atoms with Crippen LogP contribution in [0.15, 0.2) is 18.5 Å². The molecule has 2 N–H and O–H groups in total. The second-order valence-corrected chi connectivity index (χ2v) is 7.17. The Kier molecular flexibility index (Phi) is 4.57. The molecule has 0 radical (unpaired) electrons. The van der Waals surface area contributed by atoms with Gasteiger partial charge in [0.05, 0.1) is 21.8 Å². The smallest absolute Gasteiger partial charge is 0.303 e. The number of halogens is 2. The van der Waals surface area contributed by atoms with E-state index < -0.39 is 5.97 Å². The van der Waals surface area contributed by atoms with E-state index in [0.717, 1.165) is 33.3 Å². The van der Waals surface area contributed by atoms with Gasteiger partial charge in [0.2, 0.25) is 0 Å². The minimum Gasteiger partial charge on any atom is -0.456 e. The number of hydrogen-bond donors (Lipinski definition) is 2. The molecule has 0 bridgehead atoms. The van der Waals surface area contributed by atoms with Crippen molar-refractivity contribution < 1.29 is 14.3 Å². The van der Waals surface area contributed by atoms with Gasteiger partial charge < -0.3 is 14.6 Å². The molecule has 1 aromatic carbocycles. The zero-order chi connectivity index (χ0) is 19.1. The number of H-pyrrole nitrogens is 2. The van der Waals surface area contributed by atoms with Gasteiger partial charge in [0.25, 0.3) is 5.91 Å². The van der Waals surface area contributed by atoms with Crippen LogP contribution in [0.25, 0.3) is 22.0 Å². The Morgan fingerprint density at radius 2 is 2.19 bits per heavy atom. The van der Waals surface area contributed by atoms with E-state index in [1.807, 2.05) is 6.07 Å². The number of amides is 1. The van der Waals surface area contributed by atoms with Crippen LogP contribution in [0.3, 0.4) is 0 Å². The van der Waals surface area contributed by atoms with Crippen LogP contribution in [-0.2, 0) is 27.3 Å². The summed E-state index contributed by atoms with van der Waals surface area (Å²) >= 11 is 12.8. The average molecular weight is 407 g/mol. The highest BCUT2D eigenvalue weighted by Gasteiger charge is 2.27. The SMILES string of the molecule is CC(=O)OCC(=O)N1CCc2[nH]c3c(Cl)c(Cl)cc(-c4cn[nH]c4)c3c2C1. The largest absolute Gasteiger partial charge is 0.456 e. The van der Waals surface area contributed by atoms with Crippen LogP contribution in [0.2, 0.25) is 10.0 Å². The van der Waals surface area contributed by atoms with Crippen LogP contribution in [0.4, 0.5) is 0 Å². The molecule has 0 saturated heterocycles. The van der Waals surface area contributed by atoms with Gasteiger partial charge in [-0.05, 0) is 11.6 Å². The first-order valence-corrected chi connectivity index (χ1v) is 9.13. The molecule has 0 atom stereocenters. The predicted molar refractivity (Wildman–Crippen MR) is 102 cm³/mol. The number of carbonyl (C=O) groups excluding carboxylic acids is 2. The Morgan fingerprint density at radius 3 is 2.89 bits per heavy atom. The van der Waals surface area contributed by atoms with E-state index in [-0.39, 0.29) is 12.5 Å². The first kappa shape index (κ1) is 17.9. The second kappa shape index (κ2) is 6.90.